The lowest BCUT2D eigenvalue weighted by molar-refractivity contribution is -0.160. The molecule has 1 aliphatic carbocycles. The number of fused-ring (bicyclic) bond motifs is 2. The van der Waals surface area contributed by atoms with Crippen LogP contribution in [0, 0.1) is 5.92 Å². The fraction of sp³-hybridized carbons (Fsp3) is 0.229. The minimum Gasteiger partial charge on any atom is -0.497 e. The molecule has 0 spiro atoms. The van der Waals surface area contributed by atoms with Crippen LogP contribution < -0.4 is 23.8 Å². The Labute approximate surface area is 332 Å². The third kappa shape index (κ3) is 7.91. The van der Waals surface area contributed by atoms with Gasteiger partial charge in [-0.1, -0.05) is 97.1 Å². The second-order valence-electron chi connectivity index (χ2n) is 15.2. The van der Waals surface area contributed by atoms with Gasteiger partial charge in [0, 0.05) is 29.0 Å². The molecular weight excluding hydrogens is 717 g/mol. The number of carbonyl (C=O) groups excluding carboxylic acids is 2. The van der Waals surface area contributed by atoms with Gasteiger partial charge in [0.05, 0.1) is 25.3 Å². The van der Waals surface area contributed by atoms with Crippen LogP contribution in [0.25, 0.3) is 0 Å². The van der Waals surface area contributed by atoms with Crippen LogP contribution in [0.3, 0.4) is 0 Å². The molecule has 0 radical (unpaired) electrons. The summed E-state index contributed by atoms with van der Waals surface area (Å²) in [6.45, 7) is 6.28. The molecule has 6 aromatic rings. The zero-order chi connectivity index (χ0) is 39.5. The van der Waals surface area contributed by atoms with Crippen LogP contribution in [-0.2, 0) is 22.7 Å². The van der Waals surface area contributed by atoms with Crippen LogP contribution >= 0.6 is 0 Å². The second-order valence-corrected chi connectivity index (χ2v) is 15.2. The molecule has 0 bridgehead atoms. The van der Waals surface area contributed by atoms with E-state index in [1.807, 2.05) is 148 Å². The summed E-state index contributed by atoms with van der Waals surface area (Å²) in [6.07, 6.45) is 0. The van der Waals surface area contributed by atoms with Gasteiger partial charge in [-0.15, -0.1) is 0 Å². The van der Waals surface area contributed by atoms with E-state index >= 15 is 0 Å². The van der Waals surface area contributed by atoms with Gasteiger partial charge in [0.1, 0.15) is 29.5 Å². The van der Waals surface area contributed by atoms with Crippen LogP contribution in [0.2, 0.25) is 0 Å². The number of anilines is 1. The summed E-state index contributed by atoms with van der Waals surface area (Å²) in [4.78, 5) is 36.4. The lowest BCUT2D eigenvalue weighted by Gasteiger charge is -2.29. The number of carbonyl (C=O) groups is 2. The third-order valence-corrected chi connectivity index (χ3v) is 10.2. The molecule has 9 heteroatoms. The number of nitrogens with zero attached hydrogens (tertiary/aromatic N) is 2. The minimum absolute atomic E-state index is 0.115. The highest BCUT2D eigenvalue weighted by molar-refractivity contribution is 6.05. The van der Waals surface area contributed by atoms with E-state index in [0.717, 1.165) is 27.8 Å². The molecule has 9 nitrogen and oxygen atoms in total. The standard InChI is InChI=1S/C48H44N2O7/c1-48(2,3)57-47(52)44-42(34-20-24-38-40(26-34)56-30-55-38)37-23-25-41(50(28-31-14-8-5-9-15-31)46(51)33-18-12-7-13-19-33)49-45(37)43(44)36-22-21-35(53-4)27-39(36)54-29-32-16-10-6-11-17-32/h5-27,42-44H,28-30H2,1-4H3/t42-,43-,44+/m0/s1. The Morgan fingerprint density at radius 2 is 1.40 bits per heavy atom. The molecule has 0 saturated carbocycles. The molecule has 0 unspecified atom stereocenters. The van der Waals surface area contributed by atoms with Crippen molar-refractivity contribution in [2.75, 3.05) is 18.8 Å². The van der Waals surface area contributed by atoms with Gasteiger partial charge in [0.2, 0.25) is 6.79 Å². The van der Waals surface area contributed by atoms with Crippen LogP contribution in [0.5, 0.6) is 23.0 Å². The summed E-state index contributed by atoms with van der Waals surface area (Å²) in [6, 6.07) is 44.2. The summed E-state index contributed by atoms with van der Waals surface area (Å²) in [5, 5.41) is 0. The molecule has 1 aromatic heterocycles. The number of amides is 1. The van der Waals surface area contributed by atoms with Crippen molar-refractivity contribution in [3.05, 3.63) is 179 Å². The maximum Gasteiger partial charge on any atom is 0.311 e. The average molecular weight is 761 g/mol. The highest BCUT2D eigenvalue weighted by Gasteiger charge is 2.50. The number of hydrogen-bond acceptors (Lipinski definition) is 8. The molecular formula is C48H44N2O7. The van der Waals surface area contributed by atoms with Crippen molar-refractivity contribution in [2.24, 2.45) is 5.92 Å². The molecule has 2 heterocycles. The molecule has 0 saturated heterocycles. The van der Waals surface area contributed by atoms with Crippen molar-refractivity contribution in [2.45, 2.75) is 51.4 Å². The molecule has 0 N–H and O–H groups in total. The fourth-order valence-corrected chi connectivity index (χ4v) is 7.69. The van der Waals surface area contributed by atoms with E-state index in [2.05, 4.69) is 0 Å². The van der Waals surface area contributed by atoms with Crippen molar-refractivity contribution < 1.29 is 33.3 Å². The van der Waals surface area contributed by atoms with Gasteiger partial charge >= 0.3 is 5.97 Å². The van der Waals surface area contributed by atoms with Crippen molar-refractivity contribution in [1.82, 2.24) is 4.98 Å². The summed E-state index contributed by atoms with van der Waals surface area (Å²) < 4.78 is 30.1. The molecule has 3 atom stereocenters. The highest BCUT2D eigenvalue weighted by atomic mass is 16.7. The molecule has 0 fully saturated rings. The first kappa shape index (κ1) is 37.3. The van der Waals surface area contributed by atoms with E-state index in [0.29, 0.717) is 40.1 Å². The van der Waals surface area contributed by atoms with Gasteiger partial charge in [-0.25, -0.2) is 4.98 Å². The van der Waals surface area contributed by atoms with Crippen LogP contribution in [0.15, 0.2) is 140 Å². The van der Waals surface area contributed by atoms with Gasteiger partial charge in [-0.2, -0.15) is 0 Å². The predicted octanol–water partition coefficient (Wildman–Crippen LogP) is 9.48. The van der Waals surface area contributed by atoms with E-state index < -0.39 is 23.4 Å². The number of aromatic nitrogens is 1. The zero-order valence-corrected chi connectivity index (χ0v) is 32.4. The topological polar surface area (TPSA) is 96.4 Å². The SMILES string of the molecule is COc1ccc([C@@H]2c3nc(N(Cc4ccccc4)C(=O)c4ccccc4)ccc3[C@H](c3ccc4c(c3)OCO4)[C@H]2C(=O)OC(C)(C)C)c(OCc2ccccc2)c1. The molecule has 8 rings (SSSR count). The maximum atomic E-state index is 14.9. The number of benzene rings is 5. The number of pyridine rings is 1. The maximum absolute atomic E-state index is 14.9. The first-order chi connectivity index (χ1) is 27.7. The number of hydrogen-bond donors (Lipinski definition) is 0. The molecule has 2 aliphatic rings. The molecule has 288 valence electrons. The Bertz CT molecular complexity index is 2380. The van der Waals surface area contributed by atoms with E-state index in [1.165, 1.54) is 0 Å². The Kier molecular flexibility index (Phi) is 10.4. The smallest absolute Gasteiger partial charge is 0.311 e. The van der Waals surface area contributed by atoms with Crippen LogP contribution in [-0.4, -0.2) is 36.4 Å². The monoisotopic (exact) mass is 760 g/mol. The van der Waals surface area contributed by atoms with E-state index in [4.69, 9.17) is 28.7 Å². The van der Waals surface area contributed by atoms with Crippen molar-refractivity contribution in [3.63, 3.8) is 0 Å². The van der Waals surface area contributed by atoms with E-state index in [-0.39, 0.29) is 31.8 Å². The number of rotatable bonds is 11. The highest BCUT2D eigenvalue weighted by Crippen LogP contribution is 2.56. The second kappa shape index (κ2) is 15.9. The van der Waals surface area contributed by atoms with Crippen molar-refractivity contribution in [3.8, 4) is 23.0 Å². The Morgan fingerprint density at radius 1 is 0.737 bits per heavy atom. The lowest BCUT2D eigenvalue weighted by Crippen LogP contribution is -2.33. The van der Waals surface area contributed by atoms with Gasteiger partial charge in [-0.3, -0.25) is 14.5 Å². The predicted molar refractivity (Wildman–Crippen MR) is 217 cm³/mol. The number of esters is 1. The molecule has 1 amide bonds. The van der Waals surface area contributed by atoms with Gasteiger partial charge in [0.25, 0.3) is 5.91 Å². The molecule has 57 heavy (non-hydrogen) atoms. The molecule has 5 aromatic carbocycles. The first-order valence-corrected chi connectivity index (χ1v) is 19.1. The Balaban J connectivity index is 1.33. The van der Waals surface area contributed by atoms with Crippen molar-refractivity contribution >= 4 is 17.7 Å². The number of ether oxygens (including phenoxy) is 5. The van der Waals surface area contributed by atoms with Gasteiger partial charge in [-0.05, 0) is 79.4 Å². The lowest BCUT2D eigenvalue weighted by atomic mass is 9.79. The number of methoxy groups -OCH3 is 1. The summed E-state index contributed by atoms with van der Waals surface area (Å²) in [5.74, 6) is 0.290. The van der Waals surface area contributed by atoms with E-state index in [1.54, 1.807) is 24.1 Å². The average Bonchev–Trinajstić information content (AvgIpc) is 3.84. The summed E-state index contributed by atoms with van der Waals surface area (Å²) >= 11 is 0. The normalized spacial score (nSPS) is 16.7. The minimum atomic E-state index is -0.790. The van der Waals surface area contributed by atoms with Crippen LogP contribution in [0.1, 0.15) is 76.5 Å². The largest absolute Gasteiger partial charge is 0.497 e. The first-order valence-electron chi connectivity index (χ1n) is 19.1. The molecule has 1 aliphatic heterocycles. The van der Waals surface area contributed by atoms with Crippen molar-refractivity contribution in [1.29, 1.82) is 0 Å². The van der Waals surface area contributed by atoms with Crippen LogP contribution in [0.4, 0.5) is 5.82 Å². The van der Waals surface area contributed by atoms with Gasteiger partial charge in [0.15, 0.2) is 11.5 Å². The Hall–Kier alpha value is -6.61. The summed E-state index contributed by atoms with van der Waals surface area (Å²) in [5.41, 5.74) is 4.72. The Morgan fingerprint density at radius 3 is 2.11 bits per heavy atom. The quantitative estimate of drug-likeness (QED) is 0.121. The zero-order valence-electron chi connectivity index (χ0n) is 32.4. The van der Waals surface area contributed by atoms with E-state index in [9.17, 15) is 9.59 Å². The summed E-state index contributed by atoms with van der Waals surface area (Å²) in [7, 11) is 1.61. The van der Waals surface area contributed by atoms with Gasteiger partial charge < -0.3 is 23.7 Å². The third-order valence-electron chi connectivity index (χ3n) is 10.2. The fourth-order valence-electron chi connectivity index (χ4n) is 7.69.